The molecular weight excluding hydrogens is 248 g/mol. The maximum atomic E-state index is 4.42. The summed E-state index contributed by atoms with van der Waals surface area (Å²) in [6.07, 6.45) is 5.88. The van der Waals surface area contributed by atoms with Crippen molar-refractivity contribution in [2.45, 2.75) is 66.5 Å². The Bertz CT molecular complexity index is 336. The zero-order valence-electron chi connectivity index (χ0n) is 13.8. The molecule has 0 spiro atoms. The van der Waals surface area contributed by atoms with Crippen molar-refractivity contribution < 1.29 is 0 Å². The van der Waals surface area contributed by atoms with Crippen LogP contribution >= 0.6 is 0 Å². The van der Waals surface area contributed by atoms with Gasteiger partial charge in [-0.2, -0.15) is 0 Å². The van der Waals surface area contributed by atoms with E-state index >= 15 is 0 Å². The highest BCUT2D eigenvalue weighted by molar-refractivity contribution is 5.40. The van der Waals surface area contributed by atoms with Gasteiger partial charge in [-0.3, -0.25) is 0 Å². The summed E-state index contributed by atoms with van der Waals surface area (Å²) in [6, 6.07) is 0.839. The average molecular weight is 278 g/mol. The summed E-state index contributed by atoms with van der Waals surface area (Å²) in [6.45, 7) is 13.3. The fourth-order valence-electron chi connectivity index (χ4n) is 2.51. The Morgan fingerprint density at radius 2 is 1.10 bits per heavy atom. The highest BCUT2D eigenvalue weighted by Crippen LogP contribution is 2.13. The Morgan fingerprint density at radius 1 is 0.750 bits per heavy atom. The van der Waals surface area contributed by atoms with Crippen LogP contribution in [0, 0.1) is 11.8 Å². The van der Waals surface area contributed by atoms with Gasteiger partial charge in [-0.1, -0.05) is 27.7 Å². The van der Waals surface area contributed by atoms with Crippen molar-refractivity contribution in [2.24, 2.45) is 11.8 Å². The second-order valence-corrected chi connectivity index (χ2v) is 6.64. The second-order valence-electron chi connectivity index (χ2n) is 6.64. The number of hydrogen-bond donors (Lipinski definition) is 2. The SMILES string of the molecule is CC(C)CC(C)Nc1cnc(NC(C)CC(C)C)cn1. The van der Waals surface area contributed by atoms with Crippen LogP contribution in [-0.2, 0) is 0 Å². The van der Waals surface area contributed by atoms with Crippen molar-refractivity contribution in [2.75, 3.05) is 10.6 Å². The minimum atomic E-state index is 0.419. The number of rotatable bonds is 8. The van der Waals surface area contributed by atoms with E-state index in [0.717, 1.165) is 24.5 Å². The van der Waals surface area contributed by atoms with Gasteiger partial charge in [-0.05, 0) is 38.5 Å². The van der Waals surface area contributed by atoms with Gasteiger partial charge in [0.15, 0.2) is 0 Å². The first-order chi connectivity index (χ1) is 9.36. The van der Waals surface area contributed by atoms with Crippen molar-refractivity contribution in [1.82, 2.24) is 9.97 Å². The van der Waals surface area contributed by atoms with Gasteiger partial charge in [0, 0.05) is 12.1 Å². The monoisotopic (exact) mass is 278 g/mol. The largest absolute Gasteiger partial charge is 0.366 e. The molecule has 0 aromatic carbocycles. The van der Waals surface area contributed by atoms with Crippen molar-refractivity contribution in [3.63, 3.8) is 0 Å². The van der Waals surface area contributed by atoms with E-state index in [1.54, 1.807) is 12.4 Å². The molecule has 0 fully saturated rings. The predicted molar refractivity (Wildman–Crippen MR) is 87.1 cm³/mol. The van der Waals surface area contributed by atoms with Gasteiger partial charge in [0.2, 0.25) is 0 Å². The van der Waals surface area contributed by atoms with Crippen LogP contribution in [0.5, 0.6) is 0 Å². The maximum Gasteiger partial charge on any atom is 0.144 e. The smallest absolute Gasteiger partial charge is 0.144 e. The summed E-state index contributed by atoms with van der Waals surface area (Å²) in [5, 5.41) is 6.77. The molecule has 1 aromatic heterocycles. The van der Waals surface area contributed by atoms with E-state index in [0.29, 0.717) is 23.9 Å². The third-order valence-electron chi connectivity index (χ3n) is 3.09. The van der Waals surface area contributed by atoms with Crippen LogP contribution in [0.2, 0.25) is 0 Å². The lowest BCUT2D eigenvalue weighted by molar-refractivity contribution is 0.537. The summed E-state index contributed by atoms with van der Waals surface area (Å²) in [5.41, 5.74) is 0. The Hall–Kier alpha value is -1.32. The molecule has 2 N–H and O–H groups in total. The molecule has 0 saturated heterocycles. The van der Waals surface area contributed by atoms with Gasteiger partial charge < -0.3 is 10.6 Å². The normalized spacial score (nSPS) is 14.4. The molecule has 0 aliphatic heterocycles. The molecular formula is C16H30N4. The van der Waals surface area contributed by atoms with Crippen LogP contribution in [0.25, 0.3) is 0 Å². The fraction of sp³-hybridized carbons (Fsp3) is 0.750. The number of aromatic nitrogens is 2. The lowest BCUT2D eigenvalue weighted by atomic mass is 10.1. The minimum Gasteiger partial charge on any atom is -0.366 e. The summed E-state index contributed by atoms with van der Waals surface area (Å²) in [7, 11) is 0. The molecule has 0 bridgehead atoms. The standard InChI is InChI=1S/C16H30N4/c1-11(2)7-13(5)19-15-9-18-16(10-17-15)20-14(6)8-12(3)4/h9-14H,7-8H2,1-6H3,(H,17,19)(H,18,20). The number of nitrogens with zero attached hydrogens (tertiary/aromatic N) is 2. The van der Waals surface area contributed by atoms with Gasteiger partial charge in [-0.25, -0.2) is 9.97 Å². The van der Waals surface area contributed by atoms with Gasteiger partial charge >= 0.3 is 0 Å². The molecule has 4 nitrogen and oxygen atoms in total. The summed E-state index contributed by atoms with van der Waals surface area (Å²) < 4.78 is 0. The number of anilines is 2. The van der Waals surface area contributed by atoms with E-state index in [2.05, 4.69) is 62.1 Å². The molecule has 114 valence electrons. The third kappa shape index (κ3) is 6.73. The zero-order valence-corrected chi connectivity index (χ0v) is 13.8. The molecule has 1 aromatic rings. The van der Waals surface area contributed by atoms with Gasteiger partial charge in [0.1, 0.15) is 11.6 Å². The van der Waals surface area contributed by atoms with Crippen molar-refractivity contribution in [3.8, 4) is 0 Å². The van der Waals surface area contributed by atoms with E-state index in [1.165, 1.54) is 0 Å². The lowest BCUT2D eigenvalue weighted by Gasteiger charge is -2.18. The quantitative estimate of drug-likeness (QED) is 0.749. The van der Waals surface area contributed by atoms with Gasteiger partial charge in [0.25, 0.3) is 0 Å². The Balaban J connectivity index is 2.47. The average Bonchev–Trinajstić information content (AvgIpc) is 2.29. The molecule has 4 heteroatoms. The molecule has 0 saturated carbocycles. The van der Waals surface area contributed by atoms with Gasteiger partial charge in [-0.15, -0.1) is 0 Å². The van der Waals surface area contributed by atoms with Crippen molar-refractivity contribution in [1.29, 1.82) is 0 Å². The first kappa shape index (κ1) is 16.7. The molecule has 0 aliphatic rings. The van der Waals surface area contributed by atoms with Crippen LogP contribution in [0.1, 0.15) is 54.4 Å². The predicted octanol–water partition coefficient (Wildman–Crippen LogP) is 4.17. The van der Waals surface area contributed by atoms with E-state index in [9.17, 15) is 0 Å². The molecule has 2 unspecified atom stereocenters. The zero-order chi connectivity index (χ0) is 15.1. The molecule has 0 aliphatic carbocycles. The van der Waals surface area contributed by atoms with Crippen LogP contribution in [0.3, 0.4) is 0 Å². The van der Waals surface area contributed by atoms with Crippen molar-refractivity contribution in [3.05, 3.63) is 12.4 Å². The summed E-state index contributed by atoms with van der Waals surface area (Å²) >= 11 is 0. The van der Waals surface area contributed by atoms with Crippen molar-refractivity contribution >= 4 is 11.6 Å². The molecule has 1 heterocycles. The number of hydrogen-bond acceptors (Lipinski definition) is 4. The Morgan fingerprint density at radius 3 is 1.35 bits per heavy atom. The lowest BCUT2D eigenvalue weighted by Crippen LogP contribution is -2.20. The van der Waals surface area contributed by atoms with Crippen LogP contribution < -0.4 is 10.6 Å². The highest BCUT2D eigenvalue weighted by atomic mass is 15.1. The molecule has 20 heavy (non-hydrogen) atoms. The van der Waals surface area contributed by atoms with E-state index in [-0.39, 0.29) is 0 Å². The van der Waals surface area contributed by atoms with E-state index in [4.69, 9.17) is 0 Å². The highest BCUT2D eigenvalue weighted by Gasteiger charge is 2.08. The second kappa shape index (κ2) is 8.08. The molecule has 0 amide bonds. The topological polar surface area (TPSA) is 49.8 Å². The summed E-state index contributed by atoms with van der Waals surface area (Å²) in [4.78, 5) is 8.84. The molecule has 1 rings (SSSR count). The van der Waals surface area contributed by atoms with E-state index < -0.39 is 0 Å². The minimum absolute atomic E-state index is 0.419. The fourth-order valence-corrected chi connectivity index (χ4v) is 2.51. The first-order valence-electron chi connectivity index (χ1n) is 7.72. The van der Waals surface area contributed by atoms with Crippen LogP contribution in [-0.4, -0.2) is 22.1 Å². The maximum absolute atomic E-state index is 4.42. The first-order valence-corrected chi connectivity index (χ1v) is 7.72. The Kier molecular flexibility index (Phi) is 6.76. The van der Waals surface area contributed by atoms with Crippen LogP contribution in [0.15, 0.2) is 12.4 Å². The Labute approximate surface area is 123 Å². The molecule has 2 atom stereocenters. The van der Waals surface area contributed by atoms with Crippen LogP contribution in [0.4, 0.5) is 11.6 Å². The summed E-state index contributed by atoms with van der Waals surface area (Å²) in [5.74, 6) is 3.06. The molecule has 0 radical (unpaired) electrons. The van der Waals surface area contributed by atoms with E-state index in [1.807, 2.05) is 0 Å². The number of nitrogens with one attached hydrogen (secondary N) is 2. The third-order valence-corrected chi connectivity index (χ3v) is 3.09. The van der Waals surface area contributed by atoms with Gasteiger partial charge in [0.05, 0.1) is 12.4 Å².